The molecular weight excluding hydrogens is 248 g/mol. The standard InChI is InChI=1S/C12H14N4O3/c1-7(8-4-3-5-9(6-8)18-2)14-12(17)10-11(13)16-19-15-10/h3-7H,1-2H3,(H2,13,16)(H,14,17)/t7-/m1/s1. The Hall–Kier alpha value is -2.57. The Morgan fingerprint density at radius 1 is 1.47 bits per heavy atom. The average Bonchev–Trinajstić information content (AvgIpc) is 2.85. The highest BCUT2D eigenvalue weighted by atomic mass is 16.6. The molecule has 7 nitrogen and oxygen atoms in total. The van der Waals surface area contributed by atoms with Crippen molar-refractivity contribution in [2.75, 3.05) is 12.8 Å². The highest BCUT2D eigenvalue weighted by Gasteiger charge is 2.18. The summed E-state index contributed by atoms with van der Waals surface area (Å²) in [4.78, 5) is 11.9. The van der Waals surface area contributed by atoms with Gasteiger partial charge in [0.2, 0.25) is 11.5 Å². The van der Waals surface area contributed by atoms with E-state index in [1.165, 1.54) is 0 Å². The molecule has 1 heterocycles. The highest BCUT2D eigenvalue weighted by Crippen LogP contribution is 2.19. The van der Waals surface area contributed by atoms with Crippen molar-refractivity contribution in [2.24, 2.45) is 0 Å². The van der Waals surface area contributed by atoms with E-state index in [1.807, 2.05) is 31.2 Å². The number of anilines is 1. The molecule has 100 valence electrons. The molecule has 0 aliphatic rings. The molecule has 0 aliphatic carbocycles. The van der Waals surface area contributed by atoms with E-state index in [0.717, 1.165) is 11.3 Å². The fourth-order valence-corrected chi connectivity index (χ4v) is 1.61. The molecule has 1 aromatic carbocycles. The van der Waals surface area contributed by atoms with Crippen LogP contribution in [0.4, 0.5) is 5.82 Å². The van der Waals surface area contributed by atoms with Crippen LogP contribution in [0.2, 0.25) is 0 Å². The number of rotatable bonds is 4. The SMILES string of the molecule is COc1cccc([C@@H](C)NC(=O)c2nonc2N)c1. The minimum absolute atomic E-state index is 0.0188. The molecule has 0 radical (unpaired) electrons. The second kappa shape index (κ2) is 5.38. The van der Waals surface area contributed by atoms with Crippen LogP contribution in [0.3, 0.4) is 0 Å². The molecule has 19 heavy (non-hydrogen) atoms. The minimum Gasteiger partial charge on any atom is -0.497 e. The summed E-state index contributed by atoms with van der Waals surface area (Å²) in [5.74, 6) is 0.255. The van der Waals surface area contributed by atoms with Crippen molar-refractivity contribution >= 4 is 11.7 Å². The Morgan fingerprint density at radius 2 is 2.26 bits per heavy atom. The first-order valence-corrected chi connectivity index (χ1v) is 5.64. The quantitative estimate of drug-likeness (QED) is 0.856. The summed E-state index contributed by atoms with van der Waals surface area (Å²) in [5, 5.41) is 9.56. The van der Waals surface area contributed by atoms with Crippen molar-refractivity contribution < 1.29 is 14.2 Å². The molecule has 0 unspecified atom stereocenters. The number of nitrogens with zero attached hydrogens (tertiary/aromatic N) is 2. The highest BCUT2D eigenvalue weighted by molar-refractivity contribution is 5.96. The summed E-state index contributed by atoms with van der Waals surface area (Å²) in [6.45, 7) is 1.84. The van der Waals surface area contributed by atoms with E-state index >= 15 is 0 Å². The monoisotopic (exact) mass is 262 g/mol. The summed E-state index contributed by atoms with van der Waals surface area (Å²) in [6, 6.07) is 7.19. The third-order valence-corrected chi connectivity index (χ3v) is 2.67. The van der Waals surface area contributed by atoms with Gasteiger partial charge in [0.15, 0.2) is 0 Å². The van der Waals surface area contributed by atoms with Crippen molar-refractivity contribution in [1.82, 2.24) is 15.6 Å². The number of carbonyl (C=O) groups excluding carboxylic acids is 1. The maximum absolute atomic E-state index is 11.9. The van der Waals surface area contributed by atoms with Gasteiger partial charge in [0.1, 0.15) is 5.75 Å². The van der Waals surface area contributed by atoms with E-state index in [9.17, 15) is 4.79 Å². The summed E-state index contributed by atoms with van der Waals surface area (Å²) < 4.78 is 9.52. The number of benzene rings is 1. The molecule has 0 saturated carbocycles. The molecular formula is C12H14N4O3. The van der Waals surface area contributed by atoms with Crippen molar-refractivity contribution in [1.29, 1.82) is 0 Å². The second-order valence-electron chi connectivity index (χ2n) is 3.97. The molecule has 7 heteroatoms. The van der Waals surface area contributed by atoms with Gasteiger partial charge < -0.3 is 15.8 Å². The van der Waals surface area contributed by atoms with Gasteiger partial charge in [0, 0.05) is 0 Å². The van der Waals surface area contributed by atoms with Crippen molar-refractivity contribution in [3.63, 3.8) is 0 Å². The van der Waals surface area contributed by atoms with Crippen LogP contribution in [-0.4, -0.2) is 23.3 Å². The summed E-state index contributed by atoms with van der Waals surface area (Å²) in [6.07, 6.45) is 0. The summed E-state index contributed by atoms with van der Waals surface area (Å²) in [7, 11) is 1.59. The number of carbonyl (C=O) groups is 1. The number of ether oxygens (including phenoxy) is 1. The van der Waals surface area contributed by atoms with E-state index in [0.29, 0.717) is 0 Å². The lowest BCUT2D eigenvalue weighted by Gasteiger charge is -2.14. The van der Waals surface area contributed by atoms with Gasteiger partial charge >= 0.3 is 0 Å². The summed E-state index contributed by atoms with van der Waals surface area (Å²) >= 11 is 0. The zero-order valence-electron chi connectivity index (χ0n) is 10.6. The van der Waals surface area contributed by atoms with E-state index in [1.54, 1.807) is 7.11 Å². The molecule has 1 amide bonds. The average molecular weight is 262 g/mol. The van der Waals surface area contributed by atoms with E-state index in [2.05, 4.69) is 20.3 Å². The number of methoxy groups -OCH3 is 1. The van der Waals surface area contributed by atoms with Crippen LogP contribution in [0, 0.1) is 0 Å². The van der Waals surface area contributed by atoms with Crippen LogP contribution >= 0.6 is 0 Å². The van der Waals surface area contributed by atoms with Gasteiger partial charge in [-0.3, -0.25) is 4.79 Å². The molecule has 0 aliphatic heterocycles. The van der Waals surface area contributed by atoms with Crippen molar-refractivity contribution in [3.8, 4) is 5.75 Å². The van der Waals surface area contributed by atoms with Gasteiger partial charge in [-0.05, 0) is 34.9 Å². The topological polar surface area (TPSA) is 103 Å². The molecule has 0 saturated heterocycles. The third kappa shape index (κ3) is 2.82. The van der Waals surface area contributed by atoms with Crippen molar-refractivity contribution in [2.45, 2.75) is 13.0 Å². The first kappa shape index (κ1) is 12.9. The van der Waals surface area contributed by atoms with Crippen LogP contribution in [0.25, 0.3) is 0 Å². The van der Waals surface area contributed by atoms with Gasteiger partial charge in [-0.25, -0.2) is 4.63 Å². The molecule has 0 fully saturated rings. The number of amides is 1. The number of hydrogen-bond acceptors (Lipinski definition) is 6. The maximum Gasteiger partial charge on any atom is 0.277 e. The Balaban J connectivity index is 2.10. The molecule has 1 atom stereocenters. The Bertz CT molecular complexity index is 582. The first-order chi connectivity index (χ1) is 9.11. The predicted molar refractivity (Wildman–Crippen MR) is 67.6 cm³/mol. The number of nitrogens with two attached hydrogens (primary N) is 1. The van der Waals surface area contributed by atoms with Crippen LogP contribution in [0.5, 0.6) is 5.75 Å². The Kier molecular flexibility index (Phi) is 3.65. The molecule has 3 N–H and O–H groups in total. The third-order valence-electron chi connectivity index (χ3n) is 2.67. The van der Waals surface area contributed by atoms with E-state index < -0.39 is 5.91 Å². The van der Waals surface area contributed by atoms with Crippen LogP contribution in [0.1, 0.15) is 29.0 Å². The zero-order chi connectivity index (χ0) is 13.8. The van der Waals surface area contributed by atoms with Crippen LogP contribution < -0.4 is 15.8 Å². The number of nitrogen functional groups attached to an aromatic ring is 1. The number of hydrogen-bond donors (Lipinski definition) is 2. The predicted octanol–water partition coefficient (Wildman–Crippen LogP) is 1.15. The maximum atomic E-state index is 11.9. The van der Waals surface area contributed by atoms with E-state index in [-0.39, 0.29) is 17.6 Å². The lowest BCUT2D eigenvalue weighted by atomic mass is 10.1. The van der Waals surface area contributed by atoms with Crippen molar-refractivity contribution in [3.05, 3.63) is 35.5 Å². The first-order valence-electron chi connectivity index (χ1n) is 5.64. The smallest absolute Gasteiger partial charge is 0.277 e. The lowest BCUT2D eigenvalue weighted by Crippen LogP contribution is -2.27. The fourth-order valence-electron chi connectivity index (χ4n) is 1.61. The van der Waals surface area contributed by atoms with Gasteiger partial charge in [0.25, 0.3) is 5.91 Å². The molecule has 0 bridgehead atoms. The Labute approximate surface area is 109 Å². The van der Waals surface area contributed by atoms with Gasteiger partial charge in [-0.15, -0.1) is 0 Å². The molecule has 0 spiro atoms. The Morgan fingerprint density at radius 3 is 2.89 bits per heavy atom. The zero-order valence-corrected chi connectivity index (χ0v) is 10.6. The van der Waals surface area contributed by atoms with Crippen LogP contribution in [-0.2, 0) is 0 Å². The normalized spacial score (nSPS) is 11.9. The van der Waals surface area contributed by atoms with Gasteiger partial charge in [-0.1, -0.05) is 12.1 Å². The number of nitrogens with one attached hydrogen (secondary N) is 1. The lowest BCUT2D eigenvalue weighted by molar-refractivity contribution is 0.0930. The largest absolute Gasteiger partial charge is 0.497 e. The fraction of sp³-hybridized carbons (Fsp3) is 0.250. The second-order valence-corrected chi connectivity index (χ2v) is 3.97. The summed E-state index contributed by atoms with van der Waals surface area (Å²) in [5.41, 5.74) is 6.34. The van der Waals surface area contributed by atoms with Gasteiger partial charge in [-0.2, -0.15) is 0 Å². The van der Waals surface area contributed by atoms with Gasteiger partial charge in [0.05, 0.1) is 13.2 Å². The number of aromatic nitrogens is 2. The van der Waals surface area contributed by atoms with Crippen LogP contribution in [0.15, 0.2) is 28.9 Å². The minimum atomic E-state index is -0.436. The molecule has 2 aromatic rings. The molecule has 2 rings (SSSR count). The molecule has 1 aromatic heterocycles. The van der Waals surface area contributed by atoms with E-state index in [4.69, 9.17) is 10.5 Å².